The van der Waals surface area contributed by atoms with E-state index in [2.05, 4.69) is 0 Å². The molecule has 1 heterocycles. The summed E-state index contributed by atoms with van der Waals surface area (Å²) in [6, 6.07) is 29.0. The molecule has 4 nitrogen and oxygen atoms in total. The van der Waals surface area contributed by atoms with Crippen molar-refractivity contribution in [3.8, 4) is 0 Å². The summed E-state index contributed by atoms with van der Waals surface area (Å²) in [5.74, 6) is -1.86. The Labute approximate surface area is 205 Å². The Morgan fingerprint density at radius 3 is 1.34 bits per heavy atom. The minimum atomic E-state index is -1.04. The summed E-state index contributed by atoms with van der Waals surface area (Å²) in [4.78, 5) is 44.2. The van der Waals surface area contributed by atoms with Gasteiger partial charge in [0.2, 0.25) is 11.8 Å². The number of nitrogens with zero attached hydrogens (tertiary/aromatic N) is 1. The van der Waals surface area contributed by atoms with Gasteiger partial charge in [-0.15, -0.1) is 0 Å². The topological polar surface area (TPSA) is 54.5 Å². The molecule has 1 saturated carbocycles. The zero-order chi connectivity index (χ0) is 24.4. The van der Waals surface area contributed by atoms with Crippen LogP contribution in [0.25, 0.3) is 11.1 Å². The van der Waals surface area contributed by atoms with Gasteiger partial charge in [0.1, 0.15) is 0 Å². The zero-order valence-electron chi connectivity index (χ0n) is 19.9. The Kier molecular flexibility index (Phi) is 4.72. The first-order valence-corrected chi connectivity index (χ1v) is 12.4. The summed E-state index contributed by atoms with van der Waals surface area (Å²) in [6.07, 6.45) is 0.938. The monoisotopic (exact) mass is 461 g/mol. The molecule has 1 saturated heterocycles. The number of carbonyl (C=O) groups is 3. The van der Waals surface area contributed by atoms with Gasteiger partial charge in [-0.05, 0) is 47.2 Å². The third-order valence-corrected chi connectivity index (χ3v) is 8.58. The van der Waals surface area contributed by atoms with Crippen molar-refractivity contribution in [2.75, 3.05) is 4.90 Å². The summed E-state index contributed by atoms with van der Waals surface area (Å²) < 4.78 is 0. The van der Waals surface area contributed by atoms with E-state index >= 15 is 0 Å². The van der Waals surface area contributed by atoms with Crippen molar-refractivity contribution in [3.05, 3.63) is 102 Å². The lowest BCUT2D eigenvalue weighted by atomic mass is 9.60. The van der Waals surface area contributed by atoms with E-state index in [1.54, 1.807) is 12.1 Å². The number of hydrogen-bond acceptors (Lipinski definition) is 3. The number of allylic oxidation sites excluding steroid dienone is 2. The van der Waals surface area contributed by atoms with Crippen molar-refractivity contribution in [1.82, 2.24) is 0 Å². The maximum absolute atomic E-state index is 14.6. The number of para-hydroxylation sites is 1. The van der Waals surface area contributed by atoms with Crippen LogP contribution in [-0.2, 0) is 14.4 Å². The number of benzene rings is 3. The van der Waals surface area contributed by atoms with Crippen molar-refractivity contribution in [2.24, 2.45) is 22.7 Å². The van der Waals surface area contributed by atoms with Crippen LogP contribution in [0.1, 0.15) is 37.8 Å². The average molecular weight is 462 g/mol. The van der Waals surface area contributed by atoms with E-state index < -0.39 is 22.7 Å². The van der Waals surface area contributed by atoms with Gasteiger partial charge in [0, 0.05) is 0 Å². The Bertz CT molecular complexity index is 1290. The van der Waals surface area contributed by atoms with Crippen LogP contribution in [0, 0.1) is 22.7 Å². The number of imide groups is 1. The van der Waals surface area contributed by atoms with E-state index in [4.69, 9.17) is 0 Å². The standard InChI is InChI=1S/C31H27NO3/c1-3-30-23(20-14-8-5-9-15-20)24(21-16-10-6-11-17-21)31(4-2,29(30)35)26-25(30)27(33)32(28(26)34)22-18-12-7-13-19-22/h5-19,25-26H,3-4H2,1-2H3/t25-,26-,30-,31+/m1/s1. The highest BCUT2D eigenvalue weighted by Gasteiger charge is 2.80. The number of Topliss-reactive ketones (excluding diaryl/α,β-unsaturated/α-hetero) is 1. The highest BCUT2D eigenvalue weighted by atomic mass is 16.2. The molecular weight excluding hydrogens is 434 g/mol. The zero-order valence-corrected chi connectivity index (χ0v) is 19.9. The van der Waals surface area contributed by atoms with Crippen LogP contribution in [0.2, 0.25) is 0 Å². The molecule has 2 fully saturated rings. The molecule has 35 heavy (non-hydrogen) atoms. The minimum Gasteiger partial charge on any atom is -0.298 e. The lowest BCUT2D eigenvalue weighted by Gasteiger charge is -2.38. The third-order valence-electron chi connectivity index (χ3n) is 8.58. The Morgan fingerprint density at radius 1 is 0.600 bits per heavy atom. The van der Waals surface area contributed by atoms with Gasteiger partial charge in [-0.25, -0.2) is 4.90 Å². The minimum absolute atomic E-state index is 0.0390. The number of carbonyl (C=O) groups excluding carboxylic acids is 3. The number of anilines is 1. The molecule has 2 bridgehead atoms. The van der Waals surface area contributed by atoms with Gasteiger partial charge in [-0.1, -0.05) is 92.7 Å². The van der Waals surface area contributed by atoms with Crippen LogP contribution in [0.5, 0.6) is 0 Å². The summed E-state index contributed by atoms with van der Waals surface area (Å²) in [5.41, 5.74) is 2.26. The maximum atomic E-state index is 14.6. The van der Waals surface area contributed by atoms with E-state index in [1.807, 2.05) is 92.7 Å². The van der Waals surface area contributed by atoms with E-state index in [0.29, 0.717) is 18.5 Å². The quantitative estimate of drug-likeness (QED) is 0.452. The van der Waals surface area contributed by atoms with Crippen molar-refractivity contribution < 1.29 is 14.4 Å². The lowest BCUT2D eigenvalue weighted by Crippen LogP contribution is -2.41. The fourth-order valence-electron chi connectivity index (χ4n) is 7.29. The molecule has 0 N–H and O–H groups in total. The van der Waals surface area contributed by atoms with Crippen molar-refractivity contribution >= 4 is 34.4 Å². The second-order valence-corrected chi connectivity index (χ2v) is 9.76. The van der Waals surface area contributed by atoms with Gasteiger partial charge < -0.3 is 0 Å². The van der Waals surface area contributed by atoms with Crippen LogP contribution < -0.4 is 4.90 Å². The average Bonchev–Trinajstić information content (AvgIpc) is 3.41. The highest BCUT2D eigenvalue weighted by molar-refractivity contribution is 6.34. The molecule has 0 radical (unpaired) electrons. The first-order chi connectivity index (χ1) is 17.0. The predicted molar refractivity (Wildman–Crippen MR) is 136 cm³/mol. The SMILES string of the molecule is CC[C@]12C(=O)[C@](CC)(C(c3ccccc3)=C1c1ccccc1)[C@H]1C(=O)N(c3ccccc3)C(=O)[C@@H]12. The van der Waals surface area contributed by atoms with E-state index in [-0.39, 0.29) is 17.6 Å². The summed E-state index contributed by atoms with van der Waals surface area (Å²) >= 11 is 0. The van der Waals surface area contributed by atoms with Crippen LogP contribution in [0.4, 0.5) is 5.69 Å². The smallest absolute Gasteiger partial charge is 0.239 e. The molecule has 0 spiro atoms. The molecule has 4 heteroatoms. The van der Waals surface area contributed by atoms with E-state index in [1.165, 1.54) is 4.90 Å². The van der Waals surface area contributed by atoms with Crippen LogP contribution in [-0.4, -0.2) is 17.6 Å². The normalized spacial score (nSPS) is 29.3. The van der Waals surface area contributed by atoms with Gasteiger partial charge in [0.05, 0.1) is 28.4 Å². The number of fused-ring (bicyclic) bond motifs is 5. The maximum Gasteiger partial charge on any atom is 0.239 e. The molecule has 4 atom stereocenters. The number of ketones is 1. The van der Waals surface area contributed by atoms with Gasteiger partial charge >= 0.3 is 0 Å². The van der Waals surface area contributed by atoms with Crippen LogP contribution in [0.3, 0.4) is 0 Å². The molecule has 174 valence electrons. The van der Waals surface area contributed by atoms with Crippen molar-refractivity contribution in [3.63, 3.8) is 0 Å². The van der Waals surface area contributed by atoms with Gasteiger partial charge in [0.25, 0.3) is 0 Å². The summed E-state index contributed by atoms with van der Waals surface area (Å²) in [5, 5.41) is 0. The second kappa shape index (κ2) is 7.61. The Hall–Kier alpha value is -3.79. The van der Waals surface area contributed by atoms with Crippen LogP contribution >= 0.6 is 0 Å². The largest absolute Gasteiger partial charge is 0.298 e. The first kappa shape index (κ1) is 21.7. The molecule has 2 aliphatic carbocycles. The van der Waals surface area contributed by atoms with Gasteiger partial charge in [0.15, 0.2) is 5.78 Å². The molecule has 0 unspecified atom stereocenters. The fourth-order valence-corrected chi connectivity index (χ4v) is 7.29. The predicted octanol–water partition coefficient (Wildman–Crippen LogP) is 5.79. The fraction of sp³-hybridized carbons (Fsp3) is 0.258. The lowest BCUT2D eigenvalue weighted by molar-refractivity contribution is -0.134. The molecular formula is C31H27NO3. The van der Waals surface area contributed by atoms with E-state index in [0.717, 1.165) is 22.3 Å². The number of amides is 2. The third kappa shape index (κ3) is 2.49. The van der Waals surface area contributed by atoms with Crippen LogP contribution in [0.15, 0.2) is 91.0 Å². The molecule has 0 aromatic heterocycles. The molecule has 3 aliphatic rings. The number of rotatable bonds is 5. The molecule has 1 aliphatic heterocycles. The summed E-state index contributed by atoms with van der Waals surface area (Å²) in [7, 11) is 0. The summed E-state index contributed by atoms with van der Waals surface area (Å²) in [6.45, 7) is 3.97. The first-order valence-electron chi connectivity index (χ1n) is 12.4. The molecule has 2 amide bonds. The van der Waals surface area contributed by atoms with E-state index in [9.17, 15) is 14.4 Å². The van der Waals surface area contributed by atoms with Gasteiger partial charge in [-0.2, -0.15) is 0 Å². The van der Waals surface area contributed by atoms with Crippen molar-refractivity contribution in [1.29, 1.82) is 0 Å². The second-order valence-electron chi connectivity index (χ2n) is 9.76. The molecule has 3 aromatic rings. The molecule has 6 rings (SSSR count). The number of hydrogen-bond donors (Lipinski definition) is 0. The highest BCUT2D eigenvalue weighted by Crippen LogP contribution is 2.75. The van der Waals surface area contributed by atoms with Gasteiger partial charge in [-0.3, -0.25) is 14.4 Å². The van der Waals surface area contributed by atoms with Crippen molar-refractivity contribution in [2.45, 2.75) is 26.7 Å². The molecule has 3 aromatic carbocycles. The Balaban J connectivity index is 1.69. The Morgan fingerprint density at radius 2 is 0.971 bits per heavy atom.